The van der Waals surface area contributed by atoms with Crippen LogP contribution in [-0.4, -0.2) is 97.5 Å². The lowest BCUT2D eigenvalue weighted by atomic mass is 9.64. The minimum absolute atomic E-state index is 0.00393. The van der Waals surface area contributed by atoms with Crippen molar-refractivity contribution in [3.63, 3.8) is 0 Å². The average Bonchev–Trinajstić information content (AvgIpc) is 3.39. The number of amides is 3. The van der Waals surface area contributed by atoms with Gasteiger partial charge in [0, 0.05) is 38.8 Å². The summed E-state index contributed by atoms with van der Waals surface area (Å²) < 4.78 is 5.18. The van der Waals surface area contributed by atoms with Crippen LogP contribution in [0.2, 0.25) is 0 Å². The van der Waals surface area contributed by atoms with E-state index in [1.54, 1.807) is 14.2 Å². The number of likely N-dealkylation sites (tertiary alicyclic amines) is 3. The summed E-state index contributed by atoms with van der Waals surface area (Å²) in [5, 5.41) is 1.35. The van der Waals surface area contributed by atoms with Crippen LogP contribution in [0.3, 0.4) is 0 Å². The zero-order chi connectivity index (χ0) is 21.3. The quantitative estimate of drug-likeness (QED) is 0.652. The van der Waals surface area contributed by atoms with E-state index < -0.39 is 0 Å². The van der Waals surface area contributed by atoms with E-state index in [9.17, 15) is 9.59 Å². The Kier molecular flexibility index (Phi) is 6.44. The summed E-state index contributed by atoms with van der Waals surface area (Å²) in [5.74, 6) is 0.595. The number of hydroxylamine groups is 2. The highest BCUT2D eigenvalue weighted by Gasteiger charge is 2.51. The van der Waals surface area contributed by atoms with Crippen molar-refractivity contribution in [2.24, 2.45) is 11.3 Å². The van der Waals surface area contributed by atoms with E-state index in [1.165, 1.54) is 30.7 Å². The fraction of sp³-hybridized carbons (Fsp3) is 0.909. The zero-order valence-corrected chi connectivity index (χ0v) is 18.8. The second-order valence-corrected chi connectivity index (χ2v) is 9.67. The molecule has 3 amide bonds. The van der Waals surface area contributed by atoms with Gasteiger partial charge in [0.15, 0.2) is 0 Å². The Morgan fingerprint density at radius 2 is 1.83 bits per heavy atom. The normalized spacial score (nSPS) is 32.5. The molecule has 1 atom stereocenters. The SMILES string of the molecule is CCOC(=O)N1CCC2(CC(N3CCC(C4CCCN4C(=O)N(C)OC)CC3)C2)C1. The number of nitrogens with zero attached hydrogens (tertiary/aromatic N) is 4. The van der Waals surface area contributed by atoms with E-state index in [-0.39, 0.29) is 12.1 Å². The number of carbonyl (C=O) groups is 2. The first-order valence-corrected chi connectivity index (χ1v) is 11.7. The lowest BCUT2D eigenvalue weighted by molar-refractivity contribution is -0.0795. The zero-order valence-electron chi connectivity index (χ0n) is 18.8. The molecule has 8 heteroatoms. The van der Waals surface area contributed by atoms with Crippen molar-refractivity contribution < 1.29 is 19.2 Å². The molecular weight excluding hydrogens is 384 g/mol. The summed E-state index contributed by atoms with van der Waals surface area (Å²) >= 11 is 0. The number of carbonyl (C=O) groups excluding carboxylic acids is 2. The van der Waals surface area contributed by atoms with Crippen LogP contribution in [0.5, 0.6) is 0 Å². The first kappa shape index (κ1) is 21.7. The minimum atomic E-state index is -0.145. The second kappa shape index (κ2) is 8.91. The Bertz CT molecular complexity index is 631. The van der Waals surface area contributed by atoms with Gasteiger partial charge >= 0.3 is 12.1 Å². The van der Waals surface area contributed by atoms with Crippen molar-refractivity contribution in [1.29, 1.82) is 0 Å². The van der Waals surface area contributed by atoms with Gasteiger partial charge in [0.1, 0.15) is 0 Å². The largest absolute Gasteiger partial charge is 0.450 e. The molecule has 170 valence electrons. The molecule has 0 bridgehead atoms. The van der Waals surface area contributed by atoms with Crippen LogP contribution in [0.15, 0.2) is 0 Å². The Morgan fingerprint density at radius 1 is 1.10 bits per heavy atom. The number of hydrogen-bond acceptors (Lipinski definition) is 5. The second-order valence-electron chi connectivity index (χ2n) is 9.67. The van der Waals surface area contributed by atoms with Crippen molar-refractivity contribution in [2.75, 3.05) is 53.5 Å². The number of urea groups is 1. The molecule has 4 rings (SSSR count). The highest BCUT2D eigenvalue weighted by Crippen LogP contribution is 2.51. The van der Waals surface area contributed by atoms with Crippen LogP contribution >= 0.6 is 0 Å². The third kappa shape index (κ3) is 4.13. The maximum absolute atomic E-state index is 12.6. The summed E-state index contributed by atoms with van der Waals surface area (Å²) in [6.07, 6.45) is 7.94. The topological polar surface area (TPSA) is 65.6 Å². The molecule has 3 heterocycles. The number of rotatable bonds is 4. The molecule has 3 saturated heterocycles. The van der Waals surface area contributed by atoms with E-state index in [0.717, 1.165) is 52.0 Å². The molecule has 0 aromatic rings. The van der Waals surface area contributed by atoms with Gasteiger partial charge in [0.05, 0.1) is 13.7 Å². The summed E-state index contributed by atoms with van der Waals surface area (Å²) in [4.78, 5) is 36.3. The molecule has 0 aromatic heterocycles. The van der Waals surface area contributed by atoms with Crippen molar-refractivity contribution >= 4 is 12.1 Å². The van der Waals surface area contributed by atoms with Gasteiger partial charge in [-0.1, -0.05) is 0 Å². The van der Waals surface area contributed by atoms with Gasteiger partial charge in [-0.25, -0.2) is 14.7 Å². The van der Waals surface area contributed by atoms with Gasteiger partial charge in [0.2, 0.25) is 0 Å². The highest BCUT2D eigenvalue weighted by molar-refractivity contribution is 5.73. The van der Waals surface area contributed by atoms with E-state index in [2.05, 4.69) is 4.90 Å². The maximum atomic E-state index is 12.6. The van der Waals surface area contributed by atoms with Crippen LogP contribution < -0.4 is 0 Å². The lowest BCUT2D eigenvalue weighted by Crippen LogP contribution is -2.55. The van der Waals surface area contributed by atoms with E-state index >= 15 is 0 Å². The van der Waals surface area contributed by atoms with Crippen molar-refractivity contribution in [3.05, 3.63) is 0 Å². The third-order valence-corrected chi connectivity index (χ3v) is 8.02. The van der Waals surface area contributed by atoms with Crippen LogP contribution in [0, 0.1) is 11.3 Å². The fourth-order valence-electron chi connectivity index (χ4n) is 6.29. The highest BCUT2D eigenvalue weighted by atomic mass is 16.7. The number of ether oxygens (including phenoxy) is 1. The predicted molar refractivity (Wildman–Crippen MR) is 113 cm³/mol. The average molecular weight is 423 g/mol. The van der Waals surface area contributed by atoms with Crippen LogP contribution in [0.4, 0.5) is 9.59 Å². The molecule has 1 spiro atoms. The number of hydrogen-bond donors (Lipinski definition) is 0. The molecule has 0 radical (unpaired) electrons. The monoisotopic (exact) mass is 422 g/mol. The van der Waals surface area contributed by atoms with Crippen molar-refractivity contribution in [3.8, 4) is 0 Å². The molecule has 8 nitrogen and oxygen atoms in total. The van der Waals surface area contributed by atoms with Gasteiger partial charge < -0.3 is 19.4 Å². The Morgan fingerprint density at radius 3 is 2.50 bits per heavy atom. The molecule has 4 aliphatic rings. The maximum Gasteiger partial charge on any atom is 0.409 e. The van der Waals surface area contributed by atoms with Crippen LogP contribution in [0.25, 0.3) is 0 Å². The number of piperidine rings is 1. The van der Waals surface area contributed by atoms with Gasteiger partial charge in [0.25, 0.3) is 0 Å². The Hall–Kier alpha value is -1.54. The standard InChI is InChI=1S/C22H38N4O4/c1-4-30-21(28)25-13-9-22(16-25)14-18(15-22)24-11-7-17(8-12-24)19-6-5-10-26(19)20(27)23(2)29-3/h17-19H,4-16H2,1-3H3. The lowest BCUT2D eigenvalue weighted by Gasteiger charge is -2.52. The third-order valence-electron chi connectivity index (χ3n) is 8.02. The van der Waals surface area contributed by atoms with E-state index in [1.807, 2.05) is 16.7 Å². The van der Waals surface area contributed by atoms with Crippen LogP contribution in [0.1, 0.15) is 51.9 Å². The molecule has 3 aliphatic heterocycles. The predicted octanol–water partition coefficient (Wildman–Crippen LogP) is 2.79. The van der Waals surface area contributed by atoms with Crippen molar-refractivity contribution in [1.82, 2.24) is 19.8 Å². The van der Waals surface area contributed by atoms with E-state index in [4.69, 9.17) is 9.57 Å². The van der Waals surface area contributed by atoms with Gasteiger partial charge in [-0.15, -0.1) is 0 Å². The van der Waals surface area contributed by atoms with E-state index in [0.29, 0.717) is 30.0 Å². The van der Waals surface area contributed by atoms with Crippen molar-refractivity contribution in [2.45, 2.75) is 64.0 Å². The first-order valence-electron chi connectivity index (χ1n) is 11.7. The molecule has 1 saturated carbocycles. The summed E-state index contributed by atoms with van der Waals surface area (Å²) in [5.41, 5.74) is 0.327. The molecule has 30 heavy (non-hydrogen) atoms. The molecule has 0 aromatic carbocycles. The van der Waals surface area contributed by atoms with Gasteiger partial charge in [-0.2, -0.15) is 0 Å². The smallest absolute Gasteiger partial charge is 0.409 e. The molecule has 4 fully saturated rings. The molecule has 0 N–H and O–H groups in total. The summed E-state index contributed by atoms with van der Waals surface area (Å²) in [7, 11) is 3.24. The van der Waals surface area contributed by atoms with Crippen LogP contribution in [-0.2, 0) is 9.57 Å². The summed E-state index contributed by atoms with van der Waals surface area (Å²) in [6, 6.07) is 1.02. The first-order chi connectivity index (χ1) is 14.5. The Labute approximate surface area is 180 Å². The fourth-order valence-corrected chi connectivity index (χ4v) is 6.29. The minimum Gasteiger partial charge on any atom is -0.450 e. The Balaban J connectivity index is 1.23. The van der Waals surface area contributed by atoms with Gasteiger partial charge in [-0.05, 0) is 76.3 Å². The molecular formula is C22H38N4O4. The van der Waals surface area contributed by atoms with Gasteiger partial charge in [-0.3, -0.25) is 4.84 Å². The summed E-state index contributed by atoms with van der Waals surface area (Å²) in [6.45, 7) is 7.13. The molecule has 1 unspecified atom stereocenters. The molecule has 1 aliphatic carbocycles.